The summed E-state index contributed by atoms with van der Waals surface area (Å²) in [6.45, 7) is 0.892. The summed E-state index contributed by atoms with van der Waals surface area (Å²) >= 11 is 0. The van der Waals surface area contributed by atoms with Gasteiger partial charge in [0, 0.05) is 0 Å². The first-order valence-corrected chi connectivity index (χ1v) is 3.66. The molecule has 1 aliphatic rings. The smallest absolute Gasteiger partial charge is 0.223 e. The maximum absolute atomic E-state index is 10.8. The molecule has 10 heavy (non-hydrogen) atoms. The monoisotopic (exact) mass is 142 g/mol. The summed E-state index contributed by atoms with van der Waals surface area (Å²) in [6.07, 6.45) is 2.88. The van der Waals surface area contributed by atoms with Gasteiger partial charge >= 0.3 is 0 Å². The first-order valence-electron chi connectivity index (χ1n) is 3.66. The Balaban J connectivity index is 2.31. The van der Waals surface area contributed by atoms with Crippen molar-refractivity contribution in [2.75, 3.05) is 13.6 Å². The molecule has 1 rings (SSSR count). The molecule has 3 heteroatoms. The molecule has 0 unspecified atom stereocenters. The highest BCUT2D eigenvalue weighted by atomic mass is 16.1. The molecule has 0 spiro atoms. The van der Waals surface area contributed by atoms with E-state index in [2.05, 4.69) is 5.32 Å². The number of hydrogen-bond donors (Lipinski definition) is 2. The van der Waals surface area contributed by atoms with Gasteiger partial charge in [-0.2, -0.15) is 0 Å². The minimum Gasteiger partial charge on any atom is -0.369 e. The largest absolute Gasteiger partial charge is 0.369 e. The Morgan fingerprint density at radius 1 is 1.70 bits per heavy atom. The van der Waals surface area contributed by atoms with Gasteiger partial charge in [0.15, 0.2) is 0 Å². The van der Waals surface area contributed by atoms with Gasteiger partial charge < -0.3 is 11.1 Å². The second-order valence-electron chi connectivity index (χ2n) is 3.00. The summed E-state index contributed by atoms with van der Waals surface area (Å²) in [4.78, 5) is 10.8. The van der Waals surface area contributed by atoms with Gasteiger partial charge in [0.2, 0.25) is 5.91 Å². The molecule has 0 saturated heterocycles. The Kier molecular flexibility index (Phi) is 1.94. The molecule has 0 heterocycles. The number of hydrogen-bond acceptors (Lipinski definition) is 2. The SMILES string of the molecule is CNCCC1(C(N)=O)CC1. The number of nitrogens with two attached hydrogens (primary N) is 1. The van der Waals surface area contributed by atoms with E-state index in [0.29, 0.717) is 0 Å². The highest BCUT2D eigenvalue weighted by Gasteiger charge is 2.47. The average molecular weight is 142 g/mol. The van der Waals surface area contributed by atoms with Crippen molar-refractivity contribution in [3.05, 3.63) is 0 Å². The molecule has 0 aromatic heterocycles. The number of carbonyl (C=O) groups is 1. The number of amides is 1. The molecule has 58 valence electrons. The summed E-state index contributed by atoms with van der Waals surface area (Å²) in [5.41, 5.74) is 5.08. The molecule has 1 fully saturated rings. The van der Waals surface area contributed by atoms with Crippen molar-refractivity contribution in [3.8, 4) is 0 Å². The minimum atomic E-state index is -0.122. The van der Waals surface area contributed by atoms with Crippen LogP contribution in [0.25, 0.3) is 0 Å². The molecule has 1 amide bonds. The van der Waals surface area contributed by atoms with Crippen LogP contribution < -0.4 is 11.1 Å². The van der Waals surface area contributed by atoms with Gasteiger partial charge in [-0.1, -0.05) is 0 Å². The van der Waals surface area contributed by atoms with E-state index in [-0.39, 0.29) is 11.3 Å². The number of carbonyl (C=O) groups excluding carboxylic acids is 1. The van der Waals surface area contributed by atoms with E-state index in [1.165, 1.54) is 0 Å². The van der Waals surface area contributed by atoms with Crippen LogP contribution in [0.5, 0.6) is 0 Å². The Labute approximate surface area is 61.0 Å². The van der Waals surface area contributed by atoms with E-state index in [1.807, 2.05) is 7.05 Å². The van der Waals surface area contributed by atoms with Crippen molar-refractivity contribution < 1.29 is 4.79 Å². The Morgan fingerprint density at radius 3 is 2.60 bits per heavy atom. The fourth-order valence-corrected chi connectivity index (χ4v) is 1.13. The topological polar surface area (TPSA) is 55.1 Å². The van der Waals surface area contributed by atoms with Crippen molar-refractivity contribution in [2.45, 2.75) is 19.3 Å². The Morgan fingerprint density at radius 2 is 2.30 bits per heavy atom. The van der Waals surface area contributed by atoms with Gasteiger partial charge in [-0.15, -0.1) is 0 Å². The van der Waals surface area contributed by atoms with Crippen LogP contribution in [0.15, 0.2) is 0 Å². The summed E-state index contributed by atoms with van der Waals surface area (Å²) in [5, 5.41) is 3.01. The van der Waals surface area contributed by atoms with Crippen LogP contribution >= 0.6 is 0 Å². The van der Waals surface area contributed by atoms with E-state index < -0.39 is 0 Å². The predicted octanol–water partition coefficient (Wildman–Crippen LogP) is -0.139. The number of rotatable bonds is 4. The fourth-order valence-electron chi connectivity index (χ4n) is 1.13. The van der Waals surface area contributed by atoms with Crippen molar-refractivity contribution in [3.63, 3.8) is 0 Å². The fraction of sp³-hybridized carbons (Fsp3) is 0.857. The zero-order chi connectivity index (χ0) is 7.61. The zero-order valence-electron chi connectivity index (χ0n) is 6.31. The van der Waals surface area contributed by atoms with Crippen LogP contribution in [-0.4, -0.2) is 19.5 Å². The second kappa shape index (κ2) is 2.58. The number of primary amides is 1. The van der Waals surface area contributed by atoms with Crippen LogP contribution in [0.2, 0.25) is 0 Å². The Hall–Kier alpha value is -0.570. The molecule has 0 atom stereocenters. The lowest BCUT2D eigenvalue weighted by atomic mass is 10.0. The molecule has 0 aromatic carbocycles. The molecule has 0 radical (unpaired) electrons. The minimum absolute atomic E-state index is 0.122. The molecule has 3 nitrogen and oxygen atoms in total. The average Bonchev–Trinajstić information content (AvgIpc) is 2.64. The molecule has 0 bridgehead atoms. The molecule has 1 aliphatic carbocycles. The lowest BCUT2D eigenvalue weighted by molar-refractivity contribution is -0.123. The van der Waals surface area contributed by atoms with Gasteiger partial charge in [0.1, 0.15) is 0 Å². The lowest BCUT2D eigenvalue weighted by Crippen LogP contribution is -2.27. The summed E-state index contributed by atoms with van der Waals surface area (Å²) < 4.78 is 0. The maximum atomic E-state index is 10.8. The van der Waals surface area contributed by atoms with E-state index in [1.54, 1.807) is 0 Å². The second-order valence-corrected chi connectivity index (χ2v) is 3.00. The first-order chi connectivity index (χ1) is 4.71. The molecule has 1 saturated carbocycles. The summed E-state index contributed by atoms with van der Waals surface area (Å²) in [5.74, 6) is -0.122. The molecule has 0 aromatic rings. The normalized spacial score (nSPS) is 20.5. The third kappa shape index (κ3) is 1.29. The maximum Gasteiger partial charge on any atom is 0.223 e. The van der Waals surface area contributed by atoms with Gasteiger partial charge in [-0.25, -0.2) is 0 Å². The zero-order valence-corrected chi connectivity index (χ0v) is 6.31. The van der Waals surface area contributed by atoms with Gasteiger partial charge in [0.25, 0.3) is 0 Å². The van der Waals surface area contributed by atoms with Crippen molar-refractivity contribution in [2.24, 2.45) is 11.1 Å². The highest BCUT2D eigenvalue weighted by molar-refractivity contribution is 5.83. The van der Waals surface area contributed by atoms with Crippen molar-refractivity contribution in [1.82, 2.24) is 5.32 Å². The molecule has 0 aliphatic heterocycles. The van der Waals surface area contributed by atoms with Crippen LogP contribution in [0.3, 0.4) is 0 Å². The van der Waals surface area contributed by atoms with Crippen LogP contribution in [0.1, 0.15) is 19.3 Å². The standard InChI is InChI=1S/C7H14N2O/c1-9-5-4-7(2-3-7)6(8)10/h9H,2-5H2,1H3,(H2,8,10). The van der Waals surface area contributed by atoms with Crippen molar-refractivity contribution in [1.29, 1.82) is 0 Å². The van der Waals surface area contributed by atoms with E-state index in [4.69, 9.17) is 5.73 Å². The van der Waals surface area contributed by atoms with Crippen molar-refractivity contribution >= 4 is 5.91 Å². The number of nitrogens with one attached hydrogen (secondary N) is 1. The molecular formula is C7H14N2O. The predicted molar refractivity (Wildman–Crippen MR) is 39.4 cm³/mol. The van der Waals surface area contributed by atoms with Crippen LogP contribution in [0.4, 0.5) is 0 Å². The third-order valence-corrected chi connectivity index (χ3v) is 2.23. The quantitative estimate of drug-likeness (QED) is 0.574. The van der Waals surface area contributed by atoms with Crippen LogP contribution in [0, 0.1) is 5.41 Å². The molecular weight excluding hydrogens is 128 g/mol. The van der Waals surface area contributed by atoms with Gasteiger partial charge in [-0.3, -0.25) is 4.79 Å². The highest BCUT2D eigenvalue weighted by Crippen LogP contribution is 2.48. The van der Waals surface area contributed by atoms with Gasteiger partial charge in [-0.05, 0) is 32.9 Å². The Bertz CT molecular complexity index is 141. The lowest BCUT2D eigenvalue weighted by Gasteiger charge is -2.08. The van der Waals surface area contributed by atoms with Gasteiger partial charge in [0.05, 0.1) is 5.41 Å². The van der Waals surface area contributed by atoms with Crippen LogP contribution in [-0.2, 0) is 4.79 Å². The van der Waals surface area contributed by atoms with E-state index in [0.717, 1.165) is 25.8 Å². The molecule has 3 N–H and O–H groups in total. The third-order valence-electron chi connectivity index (χ3n) is 2.23. The summed E-state index contributed by atoms with van der Waals surface area (Å²) in [7, 11) is 1.89. The van der Waals surface area contributed by atoms with E-state index >= 15 is 0 Å². The first kappa shape index (κ1) is 7.54. The summed E-state index contributed by atoms with van der Waals surface area (Å²) in [6, 6.07) is 0. The van der Waals surface area contributed by atoms with E-state index in [9.17, 15) is 4.79 Å².